The summed E-state index contributed by atoms with van der Waals surface area (Å²) in [6.07, 6.45) is 10.9. The highest BCUT2D eigenvalue weighted by atomic mass is 19.1. The summed E-state index contributed by atoms with van der Waals surface area (Å²) in [5, 5.41) is 3.17. The van der Waals surface area contributed by atoms with Gasteiger partial charge in [0.15, 0.2) is 6.61 Å². The van der Waals surface area contributed by atoms with Crippen molar-refractivity contribution in [2.24, 2.45) is 0 Å². The summed E-state index contributed by atoms with van der Waals surface area (Å²) in [4.78, 5) is 29.0. The molecule has 0 saturated carbocycles. The molecule has 2 saturated heterocycles. The largest absolute Gasteiger partial charge is 0.482 e. The van der Waals surface area contributed by atoms with Gasteiger partial charge in [-0.05, 0) is 43.5 Å². The van der Waals surface area contributed by atoms with Crippen molar-refractivity contribution in [1.82, 2.24) is 15.1 Å². The van der Waals surface area contributed by atoms with E-state index in [0.717, 1.165) is 44.5 Å². The molecule has 8 nitrogen and oxygen atoms in total. The second-order valence-electron chi connectivity index (χ2n) is 9.42. The maximum atomic E-state index is 13.6. The molecule has 9 heteroatoms. The topological polar surface area (TPSA) is 80.3 Å². The van der Waals surface area contributed by atoms with E-state index in [2.05, 4.69) is 10.2 Å². The third kappa shape index (κ3) is 6.59. The fourth-order valence-electron chi connectivity index (χ4n) is 5.04. The molecular weight excluding hydrogens is 453 g/mol. The highest BCUT2D eigenvalue weighted by molar-refractivity contribution is 5.82. The minimum atomic E-state index is -1.05. The van der Waals surface area contributed by atoms with Crippen molar-refractivity contribution in [1.29, 1.82) is 0 Å². The van der Waals surface area contributed by atoms with Crippen molar-refractivity contribution in [3.63, 3.8) is 0 Å². The van der Waals surface area contributed by atoms with Crippen LogP contribution in [0, 0.1) is 0 Å². The first-order valence-corrected chi connectivity index (χ1v) is 12.4. The van der Waals surface area contributed by atoms with Gasteiger partial charge >= 0.3 is 0 Å². The van der Waals surface area contributed by atoms with Crippen LogP contribution in [-0.2, 0) is 23.8 Å². The summed E-state index contributed by atoms with van der Waals surface area (Å²) < 4.78 is 29.8. The second kappa shape index (κ2) is 12.0. The van der Waals surface area contributed by atoms with Crippen LogP contribution in [-0.4, -0.2) is 93.0 Å². The predicted octanol–water partition coefficient (Wildman–Crippen LogP) is 2.24. The third-order valence-electron chi connectivity index (χ3n) is 6.98. The number of ether oxygens (including phenoxy) is 3. The number of methoxy groups -OCH3 is 2. The Morgan fingerprint density at radius 3 is 2.69 bits per heavy atom. The van der Waals surface area contributed by atoms with E-state index in [9.17, 15) is 14.0 Å². The molecule has 192 valence electrons. The molecule has 2 aliphatic carbocycles. The zero-order chi connectivity index (χ0) is 24.8. The summed E-state index contributed by atoms with van der Waals surface area (Å²) >= 11 is 0. The van der Waals surface area contributed by atoms with Crippen LogP contribution in [0.25, 0.3) is 0 Å². The highest BCUT2D eigenvalue weighted by Crippen LogP contribution is 2.29. The first-order chi connectivity index (χ1) is 17.0. The van der Waals surface area contributed by atoms with Crippen LogP contribution < -0.4 is 5.32 Å². The number of amides is 2. The van der Waals surface area contributed by atoms with E-state index in [4.69, 9.17) is 14.2 Å². The Kier molecular flexibility index (Phi) is 8.75. The molecule has 2 heterocycles. The number of hydrogen-bond acceptors (Lipinski definition) is 6. The fourth-order valence-corrected chi connectivity index (χ4v) is 5.04. The molecule has 2 fully saturated rings. The van der Waals surface area contributed by atoms with Gasteiger partial charge in [-0.2, -0.15) is 0 Å². The molecule has 4 rings (SSSR count). The lowest BCUT2D eigenvalue weighted by Gasteiger charge is -2.35. The molecule has 35 heavy (non-hydrogen) atoms. The van der Waals surface area contributed by atoms with E-state index >= 15 is 0 Å². The summed E-state index contributed by atoms with van der Waals surface area (Å²) in [5.74, 6) is 0.427. The number of nitrogens with zero attached hydrogens (tertiary/aromatic N) is 2. The van der Waals surface area contributed by atoms with Crippen LogP contribution in [0.15, 0.2) is 47.4 Å². The quantitative estimate of drug-likeness (QED) is 0.535. The third-order valence-corrected chi connectivity index (χ3v) is 6.98. The lowest BCUT2D eigenvalue weighted by atomic mass is 9.99. The molecule has 3 unspecified atom stereocenters. The van der Waals surface area contributed by atoms with Crippen molar-refractivity contribution in [2.45, 2.75) is 56.5 Å². The minimum Gasteiger partial charge on any atom is -0.482 e. The van der Waals surface area contributed by atoms with Gasteiger partial charge in [0.2, 0.25) is 5.91 Å². The molecule has 0 aromatic rings. The van der Waals surface area contributed by atoms with Crippen LogP contribution in [0.1, 0.15) is 32.1 Å². The Morgan fingerprint density at radius 2 is 1.94 bits per heavy atom. The van der Waals surface area contributed by atoms with Gasteiger partial charge in [0.05, 0.1) is 12.1 Å². The van der Waals surface area contributed by atoms with Crippen molar-refractivity contribution < 1.29 is 28.2 Å². The number of hydrogen-bond donors (Lipinski definition) is 1. The Balaban J connectivity index is 1.16. The number of morpholine rings is 1. The SMILES string of the molecule is COC1C=CC(CC(=O)NC2CCN(CCCN3C(=O)COC4=CC(F)CC=C43)CC2)=CC1OC. The first kappa shape index (κ1) is 25.6. The average molecular weight is 490 g/mol. The van der Waals surface area contributed by atoms with Gasteiger partial charge in [0.1, 0.15) is 24.1 Å². The molecule has 3 atom stereocenters. The van der Waals surface area contributed by atoms with Gasteiger partial charge < -0.3 is 29.3 Å². The van der Waals surface area contributed by atoms with Gasteiger partial charge in [-0.15, -0.1) is 0 Å². The van der Waals surface area contributed by atoms with Crippen LogP contribution in [0.3, 0.4) is 0 Å². The number of nitrogens with one attached hydrogen (secondary N) is 1. The number of rotatable bonds is 9. The lowest BCUT2D eigenvalue weighted by Crippen LogP contribution is -2.46. The Labute approximate surface area is 206 Å². The van der Waals surface area contributed by atoms with E-state index in [-0.39, 0.29) is 43.1 Å². The highest BCUT2D eigenvalue weighted by Gasteiger charge is 2.31. The van der Waals surface area contributed by atoms with E-state index in [1.54, 1.807) is 25.2 Å². The maximum Gasteiger partial charge on any atom is 0.265 e. The van der Waals surface area contributed by atoms with E-state index in [0.29, 0.717) is 24.4 Å². The van der Waals surface area contributed by atoms with Gasteiger partial charge in [0.25, 0.3) is 5.91 Å². The Morgan fingerprint density at radius 1 is 1.17 bits per heavy atom. The standard InChI is InChI=1S/C26H36FN3O5/c1-33-22-7-4-18(14-24(22)34-2)15-25(31)28-20-8-12-29(13-9-20)10-3-11-30-21-6-5-19(27)16-23(21)35-17-26(30)32/h4,6-7,14,16,19-20,22,24H,3,5,8-13,15,17H2,1-2H3,(H,28,31). The first-order valence-electron chi connectivity index (χ1n) is 12.4. The molecule has 1 N–H and O–H groups in total. The summed E-state index contributed by atoms with van der Waals surface area (Å²) in [7, 11) is 3.28. The van der Waals surface area contributed by atoms with Gasteiger partial charge in [-0.3, -0.25) is 9.59 Å². The van der Waals surface area contributed by atoms with Crippen molar-refractivity contribution in [3.8, 4) is 0 Å². The number of carbonyl (C=O) groups is 2. The predicted molar refractivity (Wildman–Crippen MR) is 129 cm³/mol. The Bertz CT molecular complexity index is 907. The zero-order valence-corrected chi connectivity index (χ0v) is 20.6. The monoisotopic (exact) mass is 489 g/mol. The van der Waals surface area contributed by atoms with Gasteiger partial charge in [-0.1, -0.05) is 18.2 Å². The number of carbonyl (C=O) groups excluding carboxylic acids is 2. The number of halogens is 1. The van der Waals surface area contributed by atoms with Crippen molar-refractivity contribution in [3.05, 3.63) is 47.4 Å². The fraction of sp³-hybridized carbons (Fsp3) is 0.615. The van der Waals surface area contributed by atoms with Crippen LogP contribution in [0.4, 0.5) is 4.39 Å². The maximum absolute atomic E-state index is 13.6. The molecule has 0 spiro atoms. The Hall–Kier alpha value is -2.49. The zero-order valence-electron chi connectivity index (χ0n) is 20.6. The molecule has 0 radical (unpaired) electrons. The summed E-state index contributed by atoms with van der Waals surface area (Å²) in [5.41, 5.74) is 1.64. The van der Waals surface area contributed by atoms with Crippen molar-refractivity contribution >= 4 is 11.8 Å². The number of alkyl halides is 1. The summed E-state index contributed by atoms with van der Waals surface area (Å²) in [6.45, 7) is 3.24. The molecular formula is C26H36FN3O5. The number of fused-ring (bicyclic) bond motifs is 1. The van der Waals surface area contributed by atoms with Crippen molar-refractivity contribution in [2.75, 3.05) is 47.0 Å². The normalized spacial score (nSPS) is 27.5. The second-order valence-corrected chi connectivity index (χ2v) is 9.42. The number of allylic oxidation sites excluding steroid dienone is 3. The smallest absolute Gasteiger partial charge is 0.265 e. The van der Waals surface area contributed by atoms with Crippen LogP contribution >= 0.6 is 0 Å². The van der Waals surface area contributed by atoms with Gasteiger partial charge in [0, 0.05) is 46.3 Å². The summed E-state index contributed by atoms with van der Waals surface area (Å²) in [6, 6.07) is 0.173. The van der Waals surface area contributed by atoms with E-state index in [1.165, 1.54) is 6.08 Å². The molecule has 2 amide bonds. The van der Waals surface area contributed by atoms with Crippen LogP contribution in [0.5, 0.6) is 0 Å². The molecule has 0 aromatic heterocycles. The minimum absolute atomic E-state index is 0.0241. The van der Waals surface area contributed by atoms with E-state index in [1.807, 2.05) is 18.2 Å². The number of likely N-dealkylation sites (tertiary alicyclic amines) is 1. The molecule has 0 bridgehead atoms. The average Bonchev–Trinajstić information content (AvgIpc) is 2.86. The molecule has 2 aliphatic heterocycles. The lowest BCUT2D eigenvalue weighted by molar-refractivity contribution is -0.136. The van der Waals surface area contributed by atoms with Crippen LogP contribution in [0.2, 0.25) is 0 Å². The van der Waals surface area contributed by atoms with E-state index < -0.39 is 6.17 Å². The molecule has 4 aliphatic rings. The van der Waals surface area contributed by atoms with Gasteiger partial charge in [-0.25, -0.2) is 4.39 Å². The molecule has 0 aromatic carbocycles. The number of piperidine rings is 1.